The quantitative estimate of drug-likeness (QED) is 0.263. The van der Waals surface area contributed by atoms with Crippen LogP contribution in [-0.2, 0) is 25.6 Å². The van der Waals surface area contributed by atoms with Crippen LogP contribution in [0.5, 0.6) is 5.75 Å². The average Bonchev–Trinajstić information content (AvgIpc) is 2.75. The first-order valence-corrected chi connectivity index (χ1v) is 10.6. The van der Waals surface area contributed by atoms with Gasteiger partial charge >= 0.3 is 5.97 Å². The molecule has 10 nitrogen and oxygen atoms in total. The molecule has 10 heteroatoms. The van der Waals surface area contributed by atoms with E-state index in [1.165, 1.54) is 12.1 Å². The number of carboxylic acids is 1. The maximum Gasteiger partial charge on any atom is 0.326 e. The number of nitrogens with two attached hydrogens (primary N) is 1. The first-order chi connectivity index (χ1) is 15.0. The van der Waals surface area contributed by atoms with Crippen LogP contribution < -0.4 is 21.7 Å². The molecule has 4 unspecified atom stereocenters. The lowest BCUT2D eigenvalue weighted by Gasteiger charge is -2.29. The lowest BCUT2D eigenvalue weighted by atomic mass is 9.95. The molecule has 0 saturated heterocycles. The number of rotatable bonds is 12. The lowest BCUT2D eigenvalue weighted by molar-refractivity contribution is -0.142. The number of hydrogen-bond donors (Lipinski definition) is 6. The van der Waals surface area contributed by atoms with E-state index in [1.54, 1.807) is 32.9 Å². The summed E-state index contributed by atoms with van der Waals surface area (Å²) in [5.74, 6) is -3.41. The van der Waals surface area contributed by atoms with Crippen LogP contribution in [-0.4, -0.2) is 58.6 Å². The third-order valence-electron chi connectivity index (χ3n) is 5.23. The van der Waals surface area contributed by atoms with Gasteiger partial charge in [0.2, 0.25) is 17.7 Å². The van der Waals surface area contributed by atoms with Crippen molar-refractivity contribution in [2.24, 2.45) is 17.6 Å². The van der Waals surface area contributed by atoms with E-state index in [0.29, 0.717) is 12.0 Å². The van der Waals surface area contributed by atoms with Gasteiger partial charge in [0.1, 0.15) is 23.9 Å². The van der Waals surface area contributed by atoms with Gasteiger partial charge in [-0.1, -0.05) is 46.2 Å². The number of amides is 3. The Labute approximate surface area is 187 Å². The molecule has 7 N–H and O–H groups in total. The number of phenolic OH excluding ortho intramolecular Hbond substituents is 1. The van der Waals surface area contributed by atoms with Crippen molar-refractivity contribution in [1.82, 2.24) is 16.0 Å². The fourth-order valence-electron chi connectivity index (χ4n) is 3.04. The maximum absolute atomic E-state index is 13.0. The van der Waals surface area contributed by atoms with E-state index in [4.69, 9.17) is 5.73 Å². The Hall–Kier alpha value is -3.14. The third kappa shape index (κ3) is 8.18. The molecule has 178 valence electrons. The third-order valence-corrected chi connectivity index (χ3v) is 5.23. The molecule has 4 atom stereocenters. The van der Waals surface area contributed by atoms with Crippen LogP contribution >= 0.6 is 0 Å². The second-order valence-corrected chi connectivity index (χ2v) is 8.14. The van der Waals surface area contributed by atoms with Gasteiger partial charge in [-0.05, 0) is 29.5 Å². The Morgan fingerprint density at radius 2 is 1.50 bits per heavy atom. The highest BCUT2D eigenvalue weighted by atomic mass is 16.4. The van der Waals surface area contributed by atoms with E-state index < -0.39 is 41.8 Å². The van der Waals surface area contributed by atoms with Gasteiger partial charge < -0.3 is 31.9 Å². The van der Waals surface area contributed by atoms with Gasteiger partial charge in [0.05, 0.1) is 6.54 Å². The summed E-state index contributed by atoms with van der Waals surface area (Å²) in [6.07, 6.45) is 0.555. The first kappa shape index (κ1) is 26.9. The summed E-state index contributed by atoms with van der Waals surface area (Å²) in [5, 5.41) is 26.7. The molecule has 0 aromatic heterocycles. The number of aromatic hydroxyl groups is 1. The molecule has 0 bridgehead atoms. The molecular weight excluding hydrogens is 416 g/mol. The van der Waals surface area contributed by atoms with Crippen LogP contribution in [0.2, 0.25) is 0 Å². The van der Waals surface area contributed by atoms with Crippen molar-refractivity contribution >= 4 is 23.7 Å². The summed E-state index contributed by atoms with van der Waals surface area (Å²) in [5.41, 5.74) is 5.93. The van der Waals surface area contributed by atoms with Gasteiger partial charge in [-0.25, -0.2) is 4.79 Å². The van der Waals surface area contributed by atoms with Crippen LogP contribution in [0.1, 0.15) is 39.7 Å². The monoisotopic (exact) mass is 450 g/mol. The molecule has 1 aromatic carbocycles. The fraction of sp³-hybridized carbons (Fsp3) is 0.545. The number of carbonyl (C=O) groups excluding carboxylic acids is 3. The zero-order valence-corrected chi connectivity index (χ0v) is 18.9. The number of carboxylic acid groups (broad SMARTS) is 1. The summed E-state index contributed by atoms with van der Waals surface area (Å²) in [7, 11) is 0. The molecule has 1 rings (SSSR count). The molecule has 0 radical (unpaired) electrons. The Bertz CT molecular complexity index is 796. The number of phenols is 1. The standard InChI is InChI=1S/C22H34N4O6/c1-5-13(4)19(26-20(29)18(12(2)3)25-17(28)11-23)21(30)24-16(22(31)32)10-14-6-8-15(27)9-7-14/h6-9,12-13,16,18-19,27H,5,10-11,23H2,1-4H3,(H,24,30)(H,25,28)(H,26,29)(H,31,32). The highest BCUT2D eigenvalue weighted by molar-refractivity contribution is 5.93. The average molecular weight is 451 g/mol. The van der Waals surface area contributed by atoms with Crippen LogP contribution in [0, 0.1) is 11.8 Å². The molecule has 0 aliphatic rings. The molecule has 0 aliphatic heterocycles. The van der Waals surface area contributed by atoms with Gasteiger partial charge in [0.15, 0.2) is 0 Å². The predicted molar refractivity (Wildman–Crippen MR) is 119 cm³/mol. The predicted octanol–water partition coefficient (Wildman–Crippen LogP) is 0.135. The van der Waals surface area contributed by atoms with Crippen molar-refractivity contribution in [2.75, 3.05) is 6.54 Å². The largest absolute Gasteiger partial charge is 0.508 e. The second-order valence-electron chi connectivity index (χ2n) is 8.14. The van der Waals surface area contributed by atoms with E-state index in [0.717, 1.165) is 0 Å². The van der Waals surface area contributed by atoms with Crippen molar-refractivity contribution in [2.45, 2.75) is 58.7 Å². The molecule has 0 saturated carbocycles. The highest BCUT2D eigenvalue weighted by Gasteiger charge is 2.33. The van der Waals surface area contributed by atoms with Gasteiger partial charge in [0.25, 0.3) is 0 Å². The van der Waals surface area contributed by atoms with Crippen LogP contribution in [0.4, 0.5) is 0 Å². The van der Waals surface area contributed by atoms with Crippen molar-refractivity contribution in [1.29, 1.82) is 0 Å². The van der Waals surface area contributed by atoms with Crippen molar-refractivity contribution in [3.05, 3.63) is 29.8 Å². The van der Waals surface area contributed by atoms with E-state index >= 15 is 0 Å². The number of aliphatic carboxylic acids is 1. The minimum atomic E-state index is -1.23. The molecule has 32 heavy (non-hydrogen) atoms. The molecule has 0 heterocycles. The molecule has 0 fully saturated rings. The Balaban J connectivity index is 2.99. The first-order valence-electron chi connectivity index (χ1n) is 10.6. The minimum Gasteiger partial charge on any atom is -0.508 e. The summed E-state index contributed by atoms with van der Waals surface area (Å²) in [6, 6.07) is 2.88. The Morgan fingerprint density at radius 3 is 1.97 bits per heavy atom. The summed E-state index contributed by atoms with van der Waals surface area (Å²) >= 11 is 0. The number of nitrogens with one attached hydrogen (secondary N) is 3. The van der Waals surface area contributed by atoms with E-state index in [-0.39, 0.29) is 30.6 Å². The van der Waals surface area contributed by atoms with Gasteiger partial charge in [-0.3, -0.25) is 14.4 Å². The van der Waals surface area contributed by atoms with E-state index in [2.05, 4.69) is 16.0 Å². The van der Waals surface area contributed by atoms with Crippen LogP contribution in [0.25, 0.3) is 0 Å². The summed E-state index contributed by atoms with van der Waals surface area (Å²) in [6.45, 7) is 6.83. The molecule has 0 aliphatic carbocycles. The number of benzene rings is 1. The maximum atomic E-state index is 13.0. The van der Waals surface area contributed by atoms with Gasteiger partial charge in [0, 0.05) is 6.42 Å². The topological polar surface area (TPSA) is 171 Å². The number of hydrogen-bond acceptors (Lipinski definition) is 6. The molecule has 1 aromatic rings. The zero-order chi connectivity index (χ0) is 24.4. The Morgan fingerprint density at radius 1 is 0.938 bits per heavy atom. The highest BCUT2D eigenvalue weighted by Crippen LogP contribution is 2.13. The zero-order valence-electron chi connectivity index (χ0n) is 18.9. The smallest absolute Gasteiger partial charge is 0.326 e. The molecular formula is C22H34N4O6. The molecule has 0 spiro atoms. The second kappa shape index (κ2) is 12.7. The van der Waals surface area contributed by atoms with Crippen LogP contribution in [0.3, 0.4) is 0 Å². The van der Waals surface area contributed by atoms with Crippen molar-refractivity contribution < 1.29 is 29.4 Å². The van der Waals surface area contributed by atoms with Gasteiger partial charge in [-0.15, -0.1) is 0 Å². The summed E-state index contributed by atoms with van der Waals surface area (Å²) in [4.78, 5) is 49.2. The number of carbonyl (C=O) groups is 4. The van der Waals surface area contributed by atoms with Crippen molar-refractivity contribution in [3.8, 4) is 5.75 Å². The molecule has 3 amide bonds. The minimum absolute atomic E-state index is 0.00367. The lowest BCUT2D eigenvalue weighted by Crippen LogP contribution is -2.59. The van der Waals surface area contributed by atoms with E-state index in [1.807, 2.05) is 6.92 Å². The van der Waals surface area contributed by atoms with Gasteiger partial charge in [-0.2, -0.15) is 0 Å². The SMILES string of the molecule is CCC(C)C(NC(=O)C(NC(=O)CN)C(C)C)C(=O)NC(Cc1ccc(O)cc1)C(=O)O. The van der Waals surface area contributed by atoms with Crippen LogP contribution in [0.15, 0.2) is 24.3 Å². The Kier molecular flexibility index (Phi) is 10.6. The van der Waals surface area contributed by atoms with Crippen molar-refractivity contribution in [3.63, 3.8) is 0 Å². The van der Waals surface area contributed by atoms with E-state index in [9.17, 15) is 29.4 Å². The normalized spacial score (nSPS) is 14.7. The summed E-state index contributed by atoms with van der Waals surface area (Å²) < 4.78 is 0. The fourth-order valence-corrected chi connectivity index (χ4v) is 3.04.